The molecule has 0 fully saturated rings. The fourth-order valence-electron chi connectivity index (χ4n) is 3.63. The van der Waals surface area contributed by atoms with E-state index in [2.05, 4.69) is 93.7 Å². The third-order valence-corrected chi connectivity index (χ3v) is 6.70. The molecular formula is C27H36NO2P. The van der Waals surface area contributed by atoms with Crippen molar-refractivity contribution < 1.29 is 9.47 Å². The van der Waals surface area contributed by atoms with Gasteiger partial charge in [0.1, 0.15) is 5.75 Å². The van der Waals surface area contributed by atoms with E-state index in [1.54, 1.807) is 7.11 Å². The van der Waals surface area contributed by atoms with E-state index in [9.17, 15) is 0 Å². The molecule has 0 bridgehead atoms. The first kappa shape index (κ1) is 23.7. The molecule has 0 aliphatic heterocycles. The summed E-state index contributed by atoms with van der Waals surface area (Å²) in [4.78, 5) is 0. The first-order valence-corrected chi connectivity index (χ1v) is 12.0. The maximum absolute atomic E-state index is 5.93. The van der Waals surface area contributed by atoms with Gasteiger partial charge >= 0.3 is 0 Å². The average Bonchev–Trinajstić information content (AvgIpc) is 2.73. The van der Waals surface area contributed by atoms with Crippen molar-refractivity contribution in [2.75, 3.05) is 13.9 Å². The molecule has 1 N–H and O–H groups in total. The molecule has 3 nitrogen and oxygen atoms in total. The summed E-state index contributed by atoms with van der Waals surface area (Å²) >= 11 is 0. The van der Waals surface area contributed by atoms with E-state index in [0.29, 0.717) is 14.5 Å². The van der Waals surface area contributed by atoms with Gasteiger partial charge in [-0.05, 0) is 75.0 Å². The minimum Gasteiger partial charge on any atom is -0.467 e. The van der Waals surface area contributed by atoms with Gasteiger partial charge in [-0.25, -0.2) is 0 Å². The van der Waals surface area contributed by atoms with Crippen LogP contribution in [0, 0.1) is 12.8 Å². The Hall–Kier alpha value is -1.93. The smallest absolute Gasteiger partial charge is 0.188 e. The van der Waals surface area contributed by atoms with Crippen LogP contribution in [0.3, 0.4) is 0 Å². The van der Waals surface area contributed by atoms with Crippen LogP contribution in [0.15, 0.2) is 60.7 Å². The first-order valence-electron chi connectivity index (χ1n) is 11.0. The van der Waals surface area contributed by atoms with Gasteiger partial charge in [0, 0.05) is 24.5 Å². The van der Waals surface area contributed by atoms with Gasteiger partial charge in [-0.15, -0.1) is 0 Å². The lowest BCUT2D eigenvalue weighted by Gasteiger charge is -2.22. The number of ether oxygens (including phenoxy) is 2. The zero-order chi connectivity index (χ0) is 22.3. The van der Waals surface area contributed by atoms with Gasteiger partial charge in [-0.3, -0.25) is 0 Å². The molecule has 1 aliphatic rings. The van der Waals surface area contributed by atoms with Gasteiger partial charge < -0.3 is 14.8 Å². The second-order valence-corrected chi connectivity index (χ2v) is 10.6. The number of allylic oxidation sites excluding steroid dienone is 4. The highest BCUT2D eigenvalue weighted by Gasteiger charge is 2.14. The standard InChI is InChI=1S/C27H36NO2P/c1-20-11-14-25(23(15-20)18-28-27(2,3)4)31-26-17-22(12-13-24(26)30-19-29-5)16-21-9-7-6-8-10-21/h6-9,11-15,17,21,28,31H,10,16,18-19H2,1-5H3. The van der Waals surface area contributed by atoms with E-state index in [0.717, 1.165) is 25.1 Å². The number of methoxy groups -OCH3 is 1. The third-order valence-electron chi connectivity index (χ3n) is 5.28. The van der Waals surface area contributed by atoms with Crippen LogP contribution in [0.2, 0.25) is 0 Å². The van der Waals surface area contributed by atoms with Crippen LogP contribution in [0.4, 0.5) is 0 Å². The average molecular weight is 438 g/mol. The molecule has 0 aromatic heterocycles. The van der Waals surface area contributed by atoms with Crippen LogP contribution in [0.1, 0.15) is 43.9 Å². The topological polar surface area (TPSA) is 30.5 Å². The molecule has 31 heavy (non-hydrogen) atoms. The molecular weight excluding hydrogens is 401 g/mol. The molecule has 2 unspecified atom stereocenters. The molecule has 0 amide bonds. The third kappa shape index (κ3) is 7.61. The van der Waals surface area contributed by atoms with Crippen molar-refractivity contribution >= 4 is 19.2 Å². The monoisotopic (exact) mass is 437 g/mol. The Kier molecular flexibility index (Phi) is 8.49. The first-order chi connectivity index (χ1) is 14.8. The molecule has 0 saturated carbocycles. The van der Waals surface area contributed by atoms with Gasteiger partial charge in [-0.2, -0.15) is 0 Å². The van der Waals surface area contributed by atoms with Crippen molar-refractivity contribution in [1.29, 1.82) is 0 Å². The predicted octanol–water partition coefficient (Wildman–Crippen LogP) is 5.17. The fraction of sp³-hybridized carbons (Fsp3) is 0.407. The number of benzene rings is 2. The van der Waals surface area contributed by atoms with Crippen molar-refractivity contribution in [3.8, 4) is 5.75 Å². The zero-order valence-corrected chi connectivity index (χ0v) is 20.5. The fourth-order valence-corrected chi connectivity index (χ4v) is 4.95. The minimum atomic E-state index is 0.0821. The van der Waals surface area contributed by atoms with E-state index in [1.165, 1.54) is 27.3 Å². The molecule has 2 aromatic carbocycles. The van der Waals surface area contributed by atoms with Crippen LogP contribution in [-0.4, -0.2) is 19.4 Å². The Balaban J connectivity index is 1.86. The van der Waals surface area contributed by atoms with Gasteiger partial charge in [0.2, 0.25) is 0 Å². The predicted molar refractivity (Wildman–Crippen MR) is 134 cm³/mol. The highest BCUT2D eigenvalue weighted by Crippen LogP contribution is 2.25. The highest BCUT2D eigenvalue weighted by atomic mass is 31.1. The molecule has 1 aliphatic carbocycles. The normalized spacial score (nSPS) is 16.4. The number of hydrogen-bond acceptors (Lipinski definition) is 3. The quantitative estimate of drug-likeness (QED) is 0.434. The summed E-state index contributed by atoms with van der Waals surface area (Å²) in [5, 5.41) is 6.25. The summed E-state index contributed by atoms with van der Waals surface area (Å²) in [6.45, 7) is 9.91. The Bertz CT molecular complexity index is 927. The molecule has 0 saturated heterocycles. The zero-order valence-electron chi connectivity index (χ0n) is 19.5. The Morgan fingerprint density at radius 3 is 2.61 bits per heavy atom. The lowest BCUT2D eigenvalue weighted by atomic mass is 9.93. The SMILES string of the molecule is COCOc1ccc(CC2C=CC=CC2)cc1Pc1ccc(C)cc1CNC(C)(C)C. The maximum atomic E-state index is 5.93. The largest absolute Gasteiger partial charge is 0.467 e. The van der Waals surface area contributed by atoms with Crippen molar-refractivity contribution in [3.05, 3.63) is 77.4 Å². The van der Waals surface area contributed by atoms with Crippen molar-refractivity contribution in [1.82, 2.24) is 5.32 Å². The van der Waals surface area contributed by atoms with Gasteiger partial charge in [0.05, 0.1) is 0 Å². The van der Waals surface area contributed by atoms with Gasteiger partial charge in [0.15, 0.2) is 6.79 Å². The van der Waals surface area contributed by atoms with Crippen molar-refractivity contribution in [3.63, 3.8) is 0 Å². The summed E-state index contributed by atoms with van der Waals surface area (Å²) in [6.07, 6.45) is 11.0. The molecule has 0 spiro atoms. The number of rotatable bonds is 9. The van der Waals surface area contributed by atoms with Crippen molar-refractivity contribution in [2.24, 2.45) is 5.92 Å². The molecule has 3 rings (SSSR count). The van der Waals surface area contributed by atoms with Crippen LogP contribution < -0.4 is 20.7 Å². The lowest BCUT2D eigenvalue weighted by molar-refractivity contribution is 0.0519. The van der Waals surface area contributed by atoms with Crippen LogP contribution >= 0.6 is 8.58 Å². The molecule has 4 heteroatoms. The summed E-state index contributed by atoms with van der Waals surface area (Å²) in [5.74, 6) is 1.48. The van der Waals surface area contributed by atoms with E-state index >= 15 is 0 Å². The number of hydrogen-bond donors (Lipinski definition) is 1. The van der Waals surface area contributed by atoms with E-state index in [4.69, 9.17) is 9.47 Å². The Morgan fingerprint density at radius 2 is 1.90 bits per heavy atom. The Labute approximate surface area is 189 Å². The van der Waals surface area contributed by atoms with E-state index < -0.39 is 0 Å². The summed E-state index contributed by atoms with van der Waals surface area (Å²) < 4.78 is 11.1. The van der Waals surface area contributed by atoms with E-state index in [-0.39, 0.29) is 12.3 Å². The molecule has 2 atom stereocenters. The molecule has 0 radical (unpaired) electrons. The number of nitrogens with one attached hydrogen (secondary N) is 1. The minimum absolute atomic E-state index is 0.0821. The Morgan fingerprint density at radius 1 is 1.06 bits per heavy atom. The van der Waals surface area contributed by atoms with Gasteiger partial charge in [-0.1, -0.05) is 62.7 Å². The van der Waals surface area contributed by atoms with Crippen LogP contribution in [-0.2, 0) is 17.7 Å². The summed E-state index contributed by atoms with van der Waals surface area (Å²) in [7, 11) is 2.19. The highest BCUT2D eigenvalue weighted by molar-refractivity contribution is 7.55. The number of aryl methyl sites for hydroxylation is 1. The second kappa shape index (κ2) is 11.1. The summed E-state index contributed by atoms with van der Waals surface area (Å²) in [6, 6.07) is 13.4. The van der Waals surface area contributed by atoms with E-state index in [1.807, 2.05) is 0 Å². The molecule has 0 heterocycles. The molecule has 166 valence electrons. The molecule has 2 aromatic rings. The van der Waals surface area contributed by atoms with Crippen molar-refractivity contribution in [2.45, 2.75) is 52.6 Å². The lowest BCUT2D eigenvalue weighted by Crippen LogP contribution is -2.36. The van der Waals surface area contributed by atoms with Crippen LogP contribution in [0.25, 0.3) is 0 Å². The van der Waals surface area contributed by atoms with Crippen LogP contribution in [0.5, 0.6) is 5.75 Å². The summed E-state index contributed by atoms with van der Waals surface area (Å²) in [5.41, 5.74) is 4.09. The van der Waals surface area contributed by atoms with Gasteiger partial charge in [0.25, 0.3) is 0 Å². The second-order valence-electron chi connectivity index (χ2n) is 9.28. The maximum Gasteiger partial charge on any atom is 0.188 e.